The highest BCUT2D eigenvalue weighted by Crippen LogP contribution is 2.31. The van der Waals surface area contributed by atoms with Gasteiger partial charge in [0.1, 0.15) is 5.82 Å². The number of rotatable bonds is 30. The fourth-order valence-corrected chi connectivity index (χ4v) is 12.0. The molecular formula is C68H89ClF4N8O4. The number of benzene rings is 4. The Morgan fingerprint density at radius 3 is 1.52 bits per heavy atom. The number of aromatic nitrogens is 1. The molecule has 6 N–H and O–H groups in total. The highest BCUT2D eigenvalue weighted by molar-refractivity contribution is 6.49. The number of halogens is 5. The number of nitrogens with two attached hydrogens (primary N) is 1. The van der Waals surface area contributed by atoms with Crippen LogP contribution in [-0.4, -0.2) is 114 Å². The van der Waals surface area contributed by atoms with E-state index in [4.69, 9.17) is 17.3 Å². The van der Waals surface area contributed by atoms with Gasteiger partial charge >= 0.3 is 0 Å². The third-order valence-corrected chi connectivity index (χ3v) is 16.8. The molecule has 3 heterocycles. The van der Waals surface area contributed by atoms with Crippen LogP contribution in [0.2, 0.25) is 0 Å². The third kappa shape index (κ3) is 21.4. The molecular weight excluding hydrogens is 1100 g/mol. The predicted molar refractivity (Wildman–Crippen MR) is 333 cm³/mol. The smallest absolute Gasteiger partial charge is 0.237 e. The van der Waals surface area contributed by atoms with E-state index in [-0.39, 0.29) is 61.1 Å². The van der Waals surface area contributed by atoms with Gasteiger partial charge in [0.2, 0.25) is 11.8 Å². The molecule has 1 aromatic heterocycles. The van der Waals surface area contributed by atoms with E-state index in [2.05, 4.69) is 36.1 Å². The second-order valence-electron chi connectivity index (χ2n) is 24.0. The summed E-state index contributed by atoms with van der Waals surface area (Å²) in [5, 5.41) is 15.2. The Kier molecular flexibility index (Phi) is 26.4. The van der Waals surface area contributed by atoms with Crippen LogP contribution in [0.3, 0.4) is 0 Å². The molecule has 0 radical (unpaired) electrons. The molecule has 0 unspecified atom stereocenters. The number of pyridine rings is 1. The van der Waals surface area contributed by atoms with Crippen molar-refractivity contribution in [2.24, 2.45) is 0 Å². The number of hydrogen-bond acceptors (Lipinski definition) is 10. The zero-order valence-electron chi connectivity index (χ0n) is 50.2. The highest BCUT2D eigenvalue weighted by Gasteiger charge is 2.29. The maximum atomic E-state index is 14.0. The van der Waals surface area contributed by atoms with Crippen molar-refractivity contribution in [1.82, 2.24) is 36.1 Å². The molecule has 4 atom stereocenters. The minimum Gasteiger partial charge on any atom is -0.383 e. The van der Waals surface area contributed by atoms with Gasteiger partial charge in [-0.05, 0) is 198 Å². The van der Waals surface area contributed by atoms with Gasteiger partial charge in [0.15, 0.2) is 34.8 Å². The fourth-order valence-electron chi connectivity index (χ4n) is 11.7. The van der Waals surface area contributed by atoms with Crippen molar-refractivity contribution in [3.8, 4) is 0 Å². The van der Waals surface area contributed by atoms with Crippen LogP contribution in [0.25, 0.3) is 15.8 Å². The first-order valence-corrected chi connectivity index (χ1v) is 31.4. The lowest BCUT2D eigenvalue weighted by atomic mass is 9.96. The molecule has 5 aromatic rings. The maximum Gasteiger partial charge on any atom is 0.237 e. The van der Waals surface area contributed by atoms with Crippen LogP contribution in [0.15, 0.2) is 91.1 Å². The topological polar surface area (TPSA) is 162 Å². The van der Waals surface area contributed by atoms with E-state index < -0.39 is 47.4 Å². The van der Waals surface area contributed by atoms with E-state index in [0.29, 0.717) is 42.6 Å². The van der Waals surface area contributed by atoms with Crippen LogP contribution in [0.5, 0.6) is 0 Å². The minimum atomic E-state index is -0.979. The molecule has 0 saturated carbocycles. The summed E-state index contributed by atoms with van der Waals surface area (Å²) in [6, 6.07) is 18.5. The van der Waals surface area contributed by atoms with E-state index in [1.54, 1.807) is 6.20 Å². The van der Waals surface area contributed by atoms with Gasteiger partial charge in [-0.15, -0.1) is 0 Å². The summed E-state index contributed by atoms with van der Waals surface area (Å²) in [7, 11) is 0. The zero-order chi connectivity index (χ0) is 60.8. The van der Waals surface area contributed by atoms with Gasteiger partial charge in [0, 0.05) is 41.5 Å². The van der Waals surface area contributed by atoms with Gasteiger partial charge in [0.25, 0.3) is 0 Å². The molecule has 1 aliphatic carbocycles. The molecule has 460 valence electrons. The SMILES string of the molecule is CC(C)N[C@H](CCCCN1CCCCC1)C(=O)N[C@@H](Cc1ccc(F)c(F)c1)C(=O)CCc1ccc2c(N)nccc2c1.CC(C)N[C@H](CCCCN1CCCCC1)C(=O)N[C@@H](Cc1ccc(F)c(F)c1)C(=O)CCc1ccc2c(c1)C(Cl)=CC2. The second-order valence-corrected chi connectivity index (χ2v) is 24.4. The molecule has 3 aliphatic rings. The number of piperidine rings is 2. The lowest BCUT2D eigenvalue weighted by Crippen LogP contribution is -2.52. The summed E-state index contributed by atoms with van der Waals surface area (Å²) in [5.74, 6) is -4.20. The molecule has 4 aromatic carbocycles. The first kappa shape index (κ1) is 66.5. The van der Waals surface area contributed by atoms with Crippen molar-refractivity contribution < 1.29 is 36.7 Å². The minimum absolute atomic E-state index is 0.0745. The van der Waals surface area contributed by atoms with Gasteiger partial charge in [0.05, 0.1) is 24.2 Å². The highest BCUT2D eigenvalue weighted by atomic mass is 35.5. The van der Waals surface area contributed by atoms with Gasteiger partial charge in [-0.2, -0.15) is 0 Å². The number of unbranched alkanes of at least 4 members (excludes halogenated alkanes) is 2. The van der Waals surface area contributed by atoms with Gasteiger partial charge in [-0.3, -0.25) is 19.2 Å². The number of fused-ring (bicyclic) bond motifs is 2. The molecule has 85 heavy (non-hydrogen) atoms. The van der Waals surface area contributed by atoms with E-state index in [1.807, 2.05) is 76.2 Å². The number of carbonyl (C=O) groups excluding carboxylic acids is 4. The molecule has 2 fully saturated rings. The predicted octanol–water partition coefficient (Wildman–Crippen LogP) is 11.7. The molecule has 0 bridgehead atoms. The molecule has 2 saturated heterocycles. The Labute approximate surface area is 505 Å². The first-order chi connectivity index (χ1) is 40.9. The van der Waals surface area contributed by atoms with Crippen molar-refractivity contribution in [2.45, 2.75) is 186 Å². The Bertz CT molecular complexity index is 3040. The van der Waals surface area contributed by atoms with Crippen molar-refractivity contribution >= 4 is 56.6 Å². The summed E-state index contributed by atoms with van der Waals surface area (Å²) in [6.45, 7) is 14.6. The van der Waals surface area contributed by atoms with Crippen LogP contribution < -0.4 is 27.0 Å². The monoisotopic (exact) mass is 1190 g/mol. The number of likely N-dealkylation sites (tertiary alicyclic amines) is 2. The summed E-state index contributed by atoms with van der Waals surface area (Å²) in [5.41, 5.74) is 11.0. The fraction of sp³-hybridized carbons (Fsp3) is 0.515. The summed E-state index contributed by atoms with van der Waals surface area (Å²) < 4.78 is 55.2. The van der Waals surface area contributed by atoms with Crippen molar-refractivity contribution in [3.05, 3.63) is 148 Å². The van der Waals surface area contributed by atoms with Crippen LogP contribution in [0.1, 0.15) is 151 Å². The molecule has 2 aliphatic heterocycles. The standard InChI is InChI=1S/C34H44ClF2N3O2.C34H45F2N5O2/c1-23(2)38-31(8-4-7-19-40-17-5-3-6-18-40)34(42)39-32(22-25-10-15-29(36)30(37)21-25)33(41)16-11-24-9-12-26-13-14-28(35)27(26)20-24;1-23(2)39-30(8-4-7-19-41-17-5-3-6-18-41)34(43)40-31(22-25-10-13-28(35)29(36)21-25)32(42)14-11-24-9-12-27-26(20-24)15-16-38-33(27)37/h9-10,12,14-15,20-21,23,31-32,38H,3-8,11,13,16-19,22H2,1-2H3,(H,39,42);9-10,12-13,15-16,20-21,23,30-31,39H,3-8,11,14,17-19,22H2,1-2H3,(H2,37,38)(H,40,43)/t31-,32+;30-,31+/m11/s1. The summed E-state index contributed by atoms with van der Waals surface area (Å²) >= 11 is 6.33. The number of ketones is 2. The van der Waals surface area contributed by atoms with Gasteiger partial charge < -0.3 is 36.8 Å². The van der Waals surface area contributed by atoms with Crippen LogP contribution >= 0.6 is 11.6 Å². The lowest BCUT2D eigenvalue weighted by Gasteiger charge is -2.27. The number of carbonyl (C=O) groups is 4. The number of amides is 2. The Morgan fingerprint density at radius 2 is 1.04 bits per heavy atom. The maximum absolute atomic E-state index is 14.0. The summed E-state index contributed by atoms with van der Waals surface area (Å²) in [6.07, 6.45) is 18.7. The van der Waals surface area contributed by atoms with E-state index in [9.17, 15) is 36.7 Å². The van der Waals surface area contributed by atoms with Gasteiger partial charge in [-0.1, -0.05) is 114 Å². The second kappa shape index (κ2) is 33.8. The summed E-state index contributed by atoms with van der Waals surface area (Å²) in [4.78, 5) is 63.3. The number of hydrogen-bond donors (Lipinski definition) is 5. The number of allylic oxidation sites excluding steroid dienone is 1. The first-order valence-electron chi connectivity index (χ1n) is 31.0. The van der Waals surface area contributed by atoms with E-state index in [1.165, 1.54) is 50.7 Å². The number of anilines is 1. The normalized spacial score (nSPS) is 16.1. The number of aryl methyl sites for hydroxylation is 2. The Morgan fingerprint density at radius 1 is 0.565 bits per heavy atom. The van der Waals surface area contributed by atoms with Crippen LogP contribution in [-0.2, 0) is 51.3 Å². The Hall–Kier alpha value is -6.04. The quantitative estimate of drug-likeness (QED) is 0.0221. The van der Waals surface area contributed by atoms with E-state index in [0.717, 1.165) is 134 Å². The van der Waals surface area contributed by atoms with Crippen molar-refractivity contribution in [3.63, 3.8) is 0 Å². The van der Waals surface area contributed by atoms with Crippen molar-refractivity contribution in [2.75, 3.05) is 45.0 Å². The molecule has 2 amide bonds. The largest absolute Gasteiger partial charge is 0.383 e. The average molecular weight is 1190 g/mol. The van der Waals surface area contributed by atoms with Crippen LogP contribution in [0, 0.1) is 23.3 Å². The molecule has 12 nitrogen and oxygen atoms in total. The van der Waals surface area contributed by atoms with Gasteiger partial charge in [-0.25, -0.2) is 22.5 Å². The number of nitrogens with one attached hydrogen (secondary N) is 4. The molecule has 0 spiro atoms. The van der Waals surface area contributed by atoms with Crippen molar-refractivity contribution in [1.29, 1.82) is 0 Å². The Balaban J connectivity index is 0.000000244. The third-order valence-electron chi connectivity index (χ3n) is 16.4. The number of nitrogen functional groups attached to an aromatic ring is 1. The average Bonchev–Trinajstić information content (AvgIpc) is 4.10. The number of nitrogens with zero attached hydrogens (tertiary/aromatic N) is 3. The zero-order valence-corrected chi connectivity index (χ0v) is 51.0. The van der Waals surface area contributed by atoms with E-state index >= 15 is 0 Å². The molecule has 8 rings (SSSR count). The van der Waals surface area contributed by atoms with Crippen LogP contribution in [0.4, 0.5) is 23.4 Å². The number of Topliss-reactive ketones (excluding diaryl/α,β-unsaturated/α-hetero) is 2. The lowest BCUT2D eigenvalue weighted by molar-refractivity contribution is -0.129. The molecule has 17 heteroatoms.